The molecular formula is C18H20N4O2S. The Labute approximate surface area is 150 Å². The molecule has 0 unspecified atom stereocenters. The van der Waals surface area contributed by atoms with E-state index in [0.717, 1.165) is 36.5 Å². The van der Waals surface area contributed by atoms with Crippen molar-refractivity contribution in [2.24, 2.45) is 5.41 Å². The van der Waals surface area contributed by atoms with Crippen LogP contribution in [0.3, 0.4) is 0 Å². The molecule has 0 atom stereocenters. The second-order valence-corrected chi connectivity index (χ2v) is 7.80. The van der Waals surface area contributed by atoms with Crippen LogP contribution in [0.1, 0.15) is 34.8 Å². The largest absolute Gasteiger partial charge is 0.337 e. The summed E-state index contributed by atoms with van der Waals surface area (Å²) in [5, 5.41) is 2.71. The number of carbonyl (C=O) groups excluding carboxylic acids is 2. The molecule has 25 heavy (non-hydrogen) atoms. The lowest BCUT2D eigenvalue weighted by atomic mass is 9.77. The van der Waals surface area contributed by atoms with Gasteiger partial charge in [0.2, 0.25) is 5.91 Å². The molecule has 0 aromatic carbocycles. The van der Waals surface area contributed by atoms with E-state index in [9.17, 15) is 9.59 Å². The first-order valence-corrected chi connectivity index (χ1v) is 9.40. The van der Waals surface area contributed by atoms with E-state index in [4.69, 9.17) is 0 Å². The Morgan fingerprint density at radius 1 is 1.24 bits per heavy atom. The Morgan fingerprint density at radius 3 is 2.64 bits per heavy atom. The third-order valence-corrected chi connectivity index (χ3v) is 6.09. The summed E-state index contributed by atoms with van der Waals surface area (Å²) in [6.45, 7) is 3.85. The van der Waals surface area contributed by atoms with Gasteiger partial charge in [-0.3, -0.25) is 14.6 Å². The van der Waals surface area contributed by atoms with Crippen LogP contribution >= 0.6 is 11.3 Å². The van der Waals surface area contributed by atoms with Crippen LogP contribution in [0.15, 0.2) is 29.9 Å². The fraction of sp³-hybridized carbons (Fsp3) is 0.444. The van der Waals surface area contributed by atoms with E-state index in [0.29, 0.717) is 18.8 Å². The average molecular weight is 356 g/mol. The van der Waals surface area contributed by atoms with Gasteiger partial charge in [-0.05, 0) is 38.3 Å². The first kappa shape index (κ1) is 16.2. The van der Waals surface area contributed by atoms with Gasteiger partial charge in [0.15, 0.2) is 0 Å². The number of nitrogens with zero attached hydrogens (tertiary/aromatic N) is 4. The van der Waals surface area contributed by atoms with E-state index < -0.39 is 0 Å². The van der Waals surface area contributed by atoms with Gasteiger partial charge in [-0.15, -0.1) is 11.3 Å². The molecule has 2 saturated heterocycles. The van der Waals surface area contributed by atoms with Gasteiger partial charge in [0.05, 0.1) is 22.3 Å². The molecule has 2 amide bonds. The zero-order chi connectivity index (χ0) is 17.4. The molecule has 2 aromatic rings. The third kappa shape index (κ3) is 2.82. The summed E-state index contributed by atoms with van der Waals surface area (Å²) < 4.78 is 0. The first-order valence-electron chi connectivity index (χ1n) is 8.52. The lowest BCUT2D eigenvalue weighted by Crippen LogP contribution is -2.46. The molecule has 130 valence electrons. The van der Waals surface area contributed by atoms with Crippen molar-refractivity contribution in [2.45, 2.75) is 26.2 Å². The van der Waals surface area contributed by atoms with Crippen LogP contribution in [0.25, 0.3) is 0 Å². The van der Waals surface area contributed by atoms with Gasteiger partial charge in [0, 0.05) is 31.2 Å². The summed E-state index contributed by atoms with van der Waals surface area (Å²) in [6.07, 6.45) is 5.73. The fourth-order valence-electron chi connectivity index (χ4n) is 3.81. The molecule has 6 nitrogen and oxygen atoms in total. The number of carbonyl (C=O) groups is 2. The van der Waals surface area contributed by atoms with Crippen LogP contribution in [-0.2, 0) is 4.79 Å². The summed E-state index contributed by atoms with van der Waals surface area (Å²) in [7, 11) is 0. The van der Waals surface area contributed by atoms with Gasteiger partial charge in [-0.1, -0.05) is 0 Å². The smallest absolute Gasteiger partial charge is 0.273 e. The molecular weight excluding hydrogens is 336 g/mol. The minimum atomic E-state index is -0.329. The monoisotopic (exact) mass is 356 g/mol. The number of rotatable bonds is 2. The fourth-order valence-corrected chi connectivity index (χ4v) is 4.39. The molecule has 4 heterocycles. The number of hydrogen-bond acceptors (Lipinski definition) is 5. The molecule has 2 fully saturated rings. The zero-order valence-electron chi connectivity index (χ0n) is 14.1. The van der Waals surface area contributed by atoms with Crippen molar-refractivity contribution in [1.82, 2.24) is 14.9 Å². The molecule has 0 radical (unpaired) electrons. The number of piperidine rings is 1. The molecule has 2 aliphatic rings. The van der Waals surface area contributed by atoms with E-state index >= 15 is 0 Å². The highest BCUT2D eigenvalue weighted by molar-refractivity contribution is 7.09. The Hall–Kier alpha value is -2.28. The van der Waals surface area contributed by atoms with E-state index in [1.54, 1.807) is 12.4 Å². The number of aryl methyl sites for hydroxylation is 1. The molecule has 0 bridgehead atoms. The van der Waals surface area contributed by atoms with Crippen molar-refractivity contribution in [2.75, 3.05) is 24.5 Å². The van der Waals surface area contributed by atoms with Crippen LogP contribution in [0.5, 0.6) is 0 Å². The van der Waals surface area contributed by atoms with Crippen molar-refractivity contribution in [3.05, 3.63) is 40.6 Å². The summed E-state index contributed by atoms with van der Waals surface area (Å²) in [5.74, 6) is 0.158. The summed E-state index contributed by atoms with van der Waals surface area (Å²) in [6, 6.07) is 3.78. The molecule has 4 rings (SSSR count). The molecule has 2 aliphatic heterocycles. The Bertz CT molecular complexity index is 796. The lowest BCUT2D eigenvalue weighted by Gasteiger charge is -2.37. The lowest BCUT2D eigenvalue weighted by molar-refractivity contribution is -0.127. The number of hydrogen-bond donors (Lipinski definition) is 0. The van der Waals surface area contributed by atoms with Crippen molar-refractivity contribution in [3.63, 3.8) is 0 Å². The van der Waals surface area contributed by atoms with Gasteiger partial charge in [-0.25, -0.2) is 4.98 Å². The highest BCUT2D eigenvalue weighted by Crippen LogP contribution is 2.43. The summed E-state index contributed by atoms with van der Waals surface area (Å²) >= 11 is 1.49. The maximum Gasteiger partial charge on any atom is 0.273 e. The van der Waals surface area contributed by atoms with E-state index in [1.165, 1.54) is 11.3 Å². The number of pyridine rings is 1. The zero-order valence-corrected chi connectivity index (χ0v) is 15.0. The second-order valence-electron chi connectivity index (χ2n) is 6.74. The number of likely N-dealkylation sites (tertiary alicyclic amines) is 1. The average Bonchev–Trinajstić information content (AvgIpc) is 3.21. The van der Waals surface area contributed by atoms with Crippen LogP contribution in [0.2, 0.25) is 0 Å². The molecule has 1 spiro atoms. The van der Waals surface area contributed by atoms with Crippen LogP contribution in [0, 0.1) is 12.3 Å². The minimum absolute atomic E-state index is 0.0197. The highest BCUT2D eigenvalue weighted by atomic mass is 32.1. The van der Waals surface area contributed by atoms with Gasteiger partial charge in [-0.2, -0.15) is 0 Å². The normalized spacial score (nSPS) is 19.6. The Balaban J connectivity index is 1.45. The van der Waals surface area contributed by atoms with Crippen molar-refractivity contribution < 1.29 is 9.59 Å². The third-order valence-electron chi connectivity index (χ3n) is 5.32. The number of aromatic nitrogens is 2. The van der Waals surface area contributed by atoms with Crippen molar-refractivity contribution in [3.8, 4) is 0 Å². The maximum atomic E-state index is 13.0. The van der Waals surface area contributed by atoms with Gasteiger partial charge in [0.1, 0.15) is 5.69 Å². The number of anilines is 1. The minimum Gasteiger partial charge on any atom is -0.337 e. The van der Waals surface area contributed by atoms with Crippen LogP contribution < -0.4 is 4.90 Å². The van der Waals surface area contributed by atoms with E-state index in [1.807, 2.05) is 34.2 Å². The van der Waals surface area contributed by atoms with E-state index in [2.05, 4.69) is 9.97 Å². The molecule has 0 aliphatic carbocycles. The molecule has 0 N–H and O–H groups in total. The highest BCUT2D eigenvalue weighted by Gasteiger charge is 2.49. The van der Waals surface area contributed by atoms with Crippen LogP contribution in [-0.4, -0.2) is 46.3 Å². The molecule has 0 saturated carbocycles. The first-order chi connectivity index (χ1) is 12.1. The van der Waals surface area contributed by atoms with Gasteiger partial charge >= 0.3 is 0 Å². The number of thiazole rings is 1. The van der Waals surface area contributed by atoms with Gasteiger partial charge < -0.3 is 9.80 Å². The summed E-state index contributed by atoms with van der Waals surface area (Å²) in [5.41, 5.74) is 1.05. The topological polar surface area (TPSA) is 66.4 Å². The predicted molar refractivity (Wildman–Crippen MR) is 95.6 cm³/mol. The SMILES string of the molecule is Cc1nc(C(=O)N2CCC3(CC2)CCN(c2cccnc2)C3=O)cs1. The Morgan fingerprint density at radius 2 is 2.00 bits per heavy atom. The van der Waals surface area contributed by atoms with Crippen molar-refractivity contribution in [1.29, 1.82) is 0 Å². The Kier molecular flexibility index (Phi) is 4.03. The maximum absolute atomic E-state index is 13.0. The second kappa shape index (κ2) is 6.22. The molecule has 7 heteroatoms. The van der Waals surface area contributed by atoms with E-state index in [-0.39, 0.29) is 17.2 Å². The van der Waals surface area contributed by atoms with Crippen LogP contribution in [0.4, 0.5) is 5.69 Å². The number of amides is 2. The molecule has 2 aromatic heterocycles. The predicted octanol–water partition coefficient (Wildman–Crippen LogP) is 2.51. The standard InChI is InChI=1S/C18H20N4O2S/c1-13-20-15(12-25-13)16(23)21-8-4-18(5-9-21)6-10-22(17(18)24)14-3-2-7-19-11-14/h2-3,7,11-12H,4-6,8-10H2,1H3. The van der Waals surface area contributed by atoms with Crippen molar-refractivity contribution >= 4 is 28.8 Å². The summed E-state index contributed by atoms with van der Waals surface area (Å²) in [4.78, 5) is 37.6. The van der Waals surface area contributed by atoms with Gasteiger partial charge in [0.25, 0.3) is 5.91 Å². The quantitative estimate of drug-likeness (QED) is 0.829.